The van der Waals surface area contributed by atoms with Crippen molar-refractivity contribution in [3.63, 3.8) is 0 Å². The molecule has 2 amide bonds. The van der Waals surface area contributed by atoms with Crippen LogP contribution in [0.2, 0.25) is 5.02 Å². The van der Waals surface area contributed by atoms with Crippen molar-refractivity contribution in [2.24, 2.45) is 0 Å². The second-order valence-electron chi connectivity index (χ2n) is 5.47. The number of hydrogen-bond acceptors (Lipinski definition) is 4. The highest BCUT2D eigenvalue weighted by Gasteiger charge is 2.10. The molecular formula is C19H19ClN2O4. The normalized spacial score (nSPS) is 10.0. The second-order valence-corrected chi connectivity index (χ2v) is 5.90. The number of benzene rings is 2. The molecule has 0 aliphatic carbocycles. The topological polar surface area (TPSA) is 84.5 Å². The van der Waals surface area contributed by atoms with Gasteiger partial charge in [0, 0.05) is 23.4 Å². The lowest BCUT2D eigenvalue weighted by Crippen LogP contribution is -2.41. The van der Waals surface area contributed by atoms with E-state index in [9.17, 15) is 14.4 Å². The molecule has 0 aromatic heterocycles. The van der Waals surface area contributed by atoms with Crippen LogP contribution in [0.25, 0.3) is 0 Å². The summed E-state index contributed by atoms with van der Waals surface area (Å²) in [7, 11) is 0. The van der Waals surface area contributed by atoms with E-state index >= 15 is 0 Å². The largest absolute Gasteiger partial charge is 0.465 e. The summed E-state index contributed by atoms with van der Waals surface area (Å²) in [6, 6.07) is 15.9. The highest BCUT2D eigenvalue weighted by Crippen LogP contribution is 2.09. The van der Waals surface area contributed by atoms with Crippen LogP contribution in [0.1, 0.15) is 28.8 Å². The monoisotopic (exact) mass is 374 g/mol. The van der Waals surface area contributed by atoms with Crippen LogP contribution in [0.5, 0.6) is 0 Å². The van der Waals surface area contributed by atoms with Crippen LogP contribution in [0.3, 0.4) is 0 Å². The number of carbonyl (C=O) groups excluding carboxylic acids is 3. The lowest BCUT2D eigenvalue weighted by molar-refractivity contribution is -0.144. The van der Waals surface area contributed by atoms with Gasteiger partial charge in [0.1, 0.15) is 0 Å². The quantitative estimate of drug-likeness (QED) is 0.576. The van der Waals surface area contributed by atoms with Crippen molar-refractivity contribution in [1.29, 1.82) is 0 Å². The zero-order chi connectivity index (χ0) is 18.8. The summed E-state index contributed by atoms with van der Waals surface area (Å²) in [5.41, 5.74) is 5.96. The number of hydrogen-bond donors (Lipinski definition) is 2. The molecule has 136 valence electrons. The van der Waals surface area contributed by atoms with Gasteiger partial charge in [-0.05, 0) is 29.8 Å². The minimum atomic E-state index is -0.479. The fraction of sp³-hybridized carbons (Fsp3) is 0.211. The first-order chi connectivity index (χ1) is 12.5. The van der Waals surface area contributed by atoms with E-state index in [1.54, 1.807) is 12.1 Å². The van der Waals surface area contributed by atoms with E-state index in [1.165, 1.54) is 12.1 Å². The van der Waals surface area contributed by atoms with E-state index in [1.807, 2.05) is 30.3 Å². The summed E-state index contributed by atoms with van der Waals surface area (Å²) in [5.74, 6) is -1.41. The van der Waals surface area contributed by atoms with E-state index in [0.29, 0.717) is 17.0 Å². The lowest BCUT2D eigenvalue weighted by atomic mass is 10.2. The summed E-state index contributed by atoms with van der Waals surface area (Å²) < 4.78 is 5.08. The molecule has 2 aromatic rings. The van der Waals surface area contributed by atoms with Gasteiger partial charge in [0.15, 0.2) is 0 Å². The van der Waals surface area contributed by atoms with Crippen LogP contribution in [-0.4, -0.2) is 24.4 Å². The first-order valence-corrected chi connectivity index (χ1v) is 8.46. The van der Waals surface area contributed by atoms with Gasteiger partial charge in [-0.2, -0.15) is 0 Å². The fourth-order valence-corrected chi connectivity index (χ4v) is 2.20. The standard InChI is InChI=1S/C19H19ClN2O4/c20-16-8-6-15(7-9-16)19(25)22-21-17(23)10-11-18(24)26-13-12-14-4-2-1-3-5-14/h1-9H,10-13H2,(H,21,23)(H,22,25). The molecule has 2 aromatic carbocycles. The van der Waals surface area contributed by atoms with E-state index < -0.39 is 17.8 Å². The molecule has 0 atom stereocenters. The maximum absolute atomic E-state index is 11.8. The smallest absolute Gasteiger partial charge is 0.306 e. The highest BCUT2D eigenvalue weighted by atomic mass is 35.5. The molecular weight excluding hydrogens is 356 g/mol. The fourth-order valence-electron chi connectivity index (χ4n) is 2.08. The van der Waals surface area contributed by atoms with Crippen molar-refractivity contribution in [2.75, 3.05) is 6.61 Å². The van der Waals surface area contributed by atoms with Crippen LogP contribution in [-0.2, 0) is 20.7 Å². The van der Waals surface area contributed by atoms with Crippen LogP contribution >= 0.6 is 11.6 Å². The Bertz CT molecular complexity index is 748. The molecule has 0 spiro atoms. The molecule has 0 radical (unpaired) electrons. The summed E-state index contributed by atoms with van der Waals surface area (Å²) in [6.07, 6.45) is 0.485. The Kier molecular flexibility index (Phi) is 7.64. The van der Waals surface area contributed by atoms with Crippen molar-refractivity contribution < 1.29 is 19.1 Å². The average Bonchev–Trinajstić information content (AvgIpc) is 2.66. The minimum Gasteiger partial charge on any atom is -0.465 e. The molecule has 0 saturated carbocycles. The van der Waals surface area contributed by atoms with Gasteiger partial charge in [0.05, 0.1) is 13.0 Å². The Labute approximate surface area is 156 Å². The molecule has 0 fully saturated rings. The van der Waals surface area contributed by atoms with Gasteiger partial charge >= 0.3 is 5.97 Å². The number of carbonyl (C=O) groups is 3. The number of hydrazine groups is 1. The third kappa shape index (κ3) is 6.94. The van der Waals surface area contributed by atoms with Crippen LogP contribution in [0.4, 0.5) is 0 Å². The summed E-state index contributed by atoms with van der Waals surface area (Å²) >= 11 is 5.74. The Morgan fingerprint density at radius 1 is 0.885 bits per heavy atom. The zero-order valence-corrected chi connectivity index (χ0v) is 14.8. The molecule has 0 aliphatic rings. The van der Waals surface area contributed by atoms with Gasteiger partial charge in [-0.25, -0.2) is 0 Å². The molecule has 0 unspecified atom stereocenters. The van der Waals surface area contributed by atoms with Gasteiger partial charge < -0.3 is 4.74 Å². The lowest BCUT2D eigenvalue weighted by Gasteiger charge is -2.08. The van der Waals surface area contributed by atoms with Crippen molar-refractivity contribution in [1.82, 2.24) is 10.9 Å². The van der Waals surface area contributed by atoms with Crippen molar-refractivity contribution in [2.45, 2.75) is 19.3 Å². The van der Waals surface area contributed by atoms with Crippen molar-refractivity contribution >= 4 is 29.4 Å². The molecule has 0 heterocycles. The molecule has 0 saturated heterocycles. The summed E-state index contributed by atoms with van der Waals surface area (Å²) in [5, 5.41) is 0.511. The van der Waals surface area contributed by atoms with Gasteiger partial charge in [-0.15, -0.1) is 0 Å². The Morgan fingerprint density at radius 2 is 1.58 bits per heavy atom. The van der Waals surface area contributed by atoms with Crippen LogP contribution in [0.15, 0.2) is 54.6 Å². The molecule has 0 aliphatic heterocycles. The summed E-state index contributed by atoms with van der Waals surface area (Å²) in [6.45, 7) is 0.262. The molecule has 2 rings (SSSR count). The van der Waals surface area contributed by atoms with E-state index in [-0.39, 0.29) is 19.4 Å². The Balaban J connectivity index is 1.61. The van der Waals surface area contributed by atoms with Crippen LogP contribution in [0, 0.1) is 0 Å². The van der Waals surface area contributed by atoms with Gasteiger partial charge in [-0.1, -0.05) is 41.9 Å². The zero-order valence-electron chi connectivity index (χ0n) is 14.0. The van der Waals surface area contributed by atoms with Crippen molar-refractivity contribution in [3.8, 4) is 0 Å². The number of halogens is 1. The van der Waals surface area contributed by atoms with E-state index in [2.05, 4.69) is 10.9 Å². The van der Waals surface area contributed by atoms with E-state index in [0.717, 1.165) is 5.56 Å². The summed E-state index contributed by atoms with van der Waals surface area (Å²) in [4.78, 5) is 35.1. The van der Waals surface area contributed by atoms with Crippen molar-refractivity contribution in [3.05, 3.63) is 70.7 Å². The van der Waals surface area contributed by atoms with Gasteiger partial charge in [0.2, 0.25) is 5.91 Å². The Morgan fingerprint density at radius 3 is 2.27 bits per heavy atom. The number of ether oxygens (including phenoxy) is 1. The highest BCUT2D eigenvalue weighted by molar-refractivity contribution is 6.30. The Hall–Kier alpha value is -2.86. The third-order valence-corrected chi connectivity index (χ3v) is 3.73. The van der Waals surface area contributed by atoms with Gasteiger partial charge in [0.25, 0.3) is 5.91 Å². The minimum absolute atomic E-state index is 0.0581. The molecule has 26 heavy (non-hydrogen) atoms. The van der Waals surface area contributed by atoms with Crippen LogP contribution < -0.4 is 10.9 Å². The second kappa shape index (κ2) is 10.2. The SMILES string of the molecule is O=C(CCC(=O)OCCc1ccccc1)NNC(=O)c1ccc(Cl)cc1. The predicted molar refractivity (Wildman–Crippen MR) is 97.4 cm³/mol. The first kappa shape index (κ1) is 19.5. The molecule has 6 nitrogen and oxygen atoms in total. The number of nitrogens with one attached hydrogen (secondary N) is 2. The average molecular weight is 375 g/mol. The molecule has 2 N–H and O–H groups in total. The molecule has 7 heteroatoms. The third-order valence-electron chi connectivity index (χ3n) is 3.47. The number of rotatable bonds is 7. The number of amides is 2. The van der Waals surface area contributed by atoms with E-state index in [4.69, 9.17) is 16.3 Å². The predicted octanol–water partition coefficient (Wildman–Crippen LogP) is 2.67. The van der Waals surface area contributed by atoms with Gasteiger partial charge in [-0.3, -0.25) is 25.2 Å². The first-order valence-electron chi connectivity index (χ1n) is 8.09. The molecule has 0 bridgehead atoms. The maximum atomic E-state index is 11.8. The maximum Gasteiger partial charge on any atom is 0.306 e. The number of esters is 1.